The maximum absolute atomic E-state index is 13.0. The summed E-state index contributed by atoms with van der Waals surface area (Å²) >= 11 is 6.19. The molecule has 8 heteroatoms. The quantitative estimate of drug-likeness (QED) is 0.486. The first-order valence-corrected chi connectivity index (χ1v) is 10.3. The summed E-state index contributed by atoms with van der Waals surface area (Å²) in [5.41, 5.74) is 6.35. The molecule has 0 spiro atoms. The number of hydrogen-bond acceptors (Lipinski definition) is 5. The molecule has 164 valence electrons. The Morgan fingerprint density at radius 2 is 1.75 bits per heavy atom. The molecule has 0 radical (unpaired) electrons. The number of pyridine rings is 2. The number of carbonyl (C=O) groups excluding carboxylic acids is 1. The van der Waals surface area contributed by atoms with E-state index in [1.54, 1.807) is 81.0 Å². The van der Waals surface area contributed by atoms with E-state index >= 15 is 0 Å². The number of aryl methyl sites for hydroxylation is 1. The Hall–Kier alpha value is -3.84. The molecule has 0 atom stereocenters. The van der Waals surface area contributed by atoms with Crippen molar-refractivity contribution in [2.75, 3.05) is 17.2 Å². The van der Waals surface area contributed by atoms with E-state index in [1.165, 1.54) is 9.47 Å². The first kappa shape index (κ1) is 22.8. The summed E-state index contributed by atoms with van der Waals surface area (Å²) in [4.78, 5) is 31.0. The van der Waals surface area contributed by atoms with Crippen molar-refractivity contribution in [1.29, 1.82) is 0 Å². The molecule has 3 N–H and O–H groups in total. The van der Waals surface area contributed by atoms with Crippen LogP contribution in [0.1, 0.15) is 17.3 Å². The van der Waals surface area contributed by atoms with Gasteiger partial charge in [-0.25, -0.2) is 0 Å². The molecule has 7 nitrogen and oxygen atoms in total. The van der Waals surface area contributed by atoms with Crippen LogP contribution >= 0.6 is 11.6 Å². The van der Waals surface area contributed by atoms with Crippen molar-refractivity contribution in [3.63, 3.8) is 0 Å². The fraction of sp³-hybridized carbons (Fsp3) is 0.125. The SMILES string of the molecule is CCN(C(=O)c1c(O)c2c(Cl)cccc2n(C)c1=O)c1ccccc1.Nc1ccncc1. The van der Waals surface area contributed by atoms with Crippen molar-refractivity contribution in [3.8, 4) is 5.75 Å². The van der Waals surface area contributed by atoms with E-state index in [2.05, 4.69) is 4.98 Å². The highest BCUT2D eigenvalue weighted by atomic mass is 35.5. The number of aromatic nitrogens is 2. The van der Waals surface area contributed by atoms with Gasteiger partial charge >= 0.3 is 0 Å². The normalized spacial score (nSPS) is 10.3. The molecule has 0 saturated heterocycles. The van der Waals surface area contributed by atoms with Crippen molar-refractivity contribution in [1.82, 2.24) is 9.55 Å². The van der Waals surface area contributed by atoms with Gasteiger partial charge in [0.15, 0.2) is 0 Å². The second kappa shape index (κ2) is 9.98. The number of para-hydroxylation sites is 1. The largest absolute Gasteiger partial charge is 0.506 e. The van der Waals surface area contributed by atoms with E-state index < -0.39 is 11.5 Å². The Kier molecular flexibility index (Phi) is 7.12. The van der Waals surface area contributed by atoms with Gasteiger partial charge in [0.25, 0.3) is 11.5 Å². The molecule has 32 heavy (non-hydrogen) atoms. The van der Waals surface area contributed by atoms with Crippen LogP contribution in [0.2, 0.25) is 5.02 Å². The van der Waals surface area contributed by atoms with Crippen molar-refractivity contribution in [3.05, 3.63) is 94.0 Å². The van der Waals surface area contributed by atoms with Crippen LogP contribution in [0.3, 0.4) is 0 Å². The van der Waals surface area contributed by atoms with Gasteiger partial charge in [0.2, 0.25) is 0 Å². The smallest absolute Gasteiger partial charge is 0.267 e. The molecule has 0 bridgehead atoms. The van der Waals surface area contributed by atoms with Crippen LogP contribution in [-0.4, -0.2) is 27.1 Å². The van der Waals surface area contributed by atoms with Crippen LogP contribution in [0.5, 0.6) is 5.75 Å². The zero-order chi connectivity index (χ0) is 23.3. The number of amides is 1. The molecular weight excluding hydrogens is 428 g/mol. The predicted molar refractivity (Wildman–Crippen MR) is 128 cm³/mol. The number of rotatable bonds is 3. The lowest BCUT2D eigenvalue weighted by Gasteiger charge is -2.22. The Balaban J connectivity index is 0.000000352. The predicted octanol–water partition coefficient (Wildman–Crippen LogP) is 4.23. The molecule has 2 heterocycles. The molecule has 2 aromatic heterocycles. The average molecular weight is 451 g/mol. The Bertz CT molecular complexity index is 1290. The van der Waals surface area contributed by atoms with Crippen LogP contribution in [0.4, 0.5) is 11.4 Å². The third-order valence-electron chi connectivity index (χ3n) is 4.89. The van der Waals surface area contributed by atoms with E-state index in [4.69, 9.17) is 17.3 Å². The fourth-order valence-electron chi connectivity index (χ4n) is 3.27. The Morgan fingerprint density at radius 1 is 1.09 bits per heavy atom. The van der Waals surface area contributed by atoms with Crippen molar-refractivity contribution in [2.45, 2.75) is 6.92 Å². The number of nitrogens with zero attached hydrogens (tertiary/aromatic N) is 3. The van der Waals surface area contributed by atoms with Crippen LogP contribution in [-0.2, 0) is 7.05 Å². The van der Waals surface area contributed by atoms with Gasteiger partial charge < -0.3 is 20.3 Å². The number of halogens is 1. The first-order valence-electron chi connectivity index (χ1n) is 9.89. The molecule has 2 aromatic carbocycles. The lowest BCUT2D eigenvalue weighted by atomic mass is 10.1. The Labute approximate surface area is 190 Å². The molecular formula is C24H23ClN4O3. The summed E-state index contributed by atoms with van der Waals surface area (Å²) in [6.45, 7) is 2.16. The maximum Gasteiger partial charge on any atom is 0.267 e. The molecule has 0 aliphatic carbocycles. The van der Waals surface area contributed by atoms with Crippen LogP contribution in [0.25, 0.3) is 10.9 Å². The molecule has 1 amide bonds. The van der Waals surface area contributed by atoms with E-state index in [9.17, 15) is 14.7 Å². The maximum atomic E-state index is 13.0. The molecule has 4 aromatic rings. The van der Waals surface area contributed by atoms with Gasteiger partial charge in [-0.05, 0) is 43.3 Å². The van der Waals surface area contributed by atoms with Gasteiger partial charge in [0.1, 0.15) is 11.3 Å². The minimum atomic E-state index is -0.563. The average Bonchev–Trinajstić information content (AvgIpc) is 2.80. The standard InChI is InChI=1S/C19H17ClN2O3.C5H6N2/c1-3-22(12-8-5-4-6-9-12)19(25)16-17(23)15-13(20)10-7-11-14(15)21(2)18(16)24;6-5-1-3-7-4-2-5/h4-11,23H,3H2,1-2H3;1-4H,(H2,6,7). The van der Waals surface area contributed by atoms with Crippen LogP contribution < -0.4 is 16.2 Å². The van der Waals surface area contributed by atoms with Crippen molar-refractivity contribution >= 4 is 39.8 Å². The van der Waals surface area contributed by atoms with Crippen LogP contribution in [0.15, 0.2) is 77.9 Å². The highest BCUT2D eigenvalue weighted by molar-refractivity contribution is 6.36. The number of nitrogens with two attached hydrogens (primary N) is 1. The molecule has 4 rings (SSSR count). The molecule has 0 aliphatic heterocycles. The van der Waals surface area contributed by atoms with Gasteiger partial charge in [-0.1, -0.05) is 35.9 Å². The second-order valence-corrected chi connectivity index (χ2v) is 7.29. The number of carbonyl (C=O) groups is 1. The number of aromatic hydroxyl groups is 1. The number of fused-ring (bicyclic) bond motifs is 1. The van der Waals surface area contributed by atoms with Gasteiger partial charge in [-0.3, -0.25) is 14.6 Å². The lowest BCUT2D eigenvalue weighted by molar-refractivity contribution is 0.0984. The van der Waals surface area contributed by atoms with E-state index in [1.807, 2.05) is 6.07 Å². The molecule has 0 saturated carbocycles. The van der Waals surface area contributed by atoms with E-state index in [-0.39, 0.29) is 16.3 Å². The minimum Gasteiger partial charge on any atom is -0.506 e. The highest BCUT2D eigenvalue weighted by Crippen LogP contribution is 2.33. The topological polar surface area (TPSA) is 101 Å². The summed E-state index contributed by atoms with van der Waals surface area (Å²) < 4.78 is 1.33. The fourth-order valence-corrected chi connectivity index (χ4v) is 3.53. The highest BCUT2D eigenvalue weighted by Gasteiger charge is 2.26. The zero-order valence-electron chi connectivity index (χ0n) is 17.7. The summed E-state index contributed by atoms with van der Waals surface area (Å²) in [5.74, 6) is -0.947. The Morgan fingerprint density at radius 3 is 2.31 bits per heavy atom. The second-order valence-electron chi connectivity index (χ2n) is 6.89. The summed E-state index contributed by atoms with van der Waals surface area (Å²) in [6, 6.07) is 17.5. The monoisotopic (exact) mass is 450 g/mol. The third kappa shape index (κ3) is 4.58. The number of anilines is 2. The lowest BCUT2D eigenvalue weighted by Crippen LogP contribution is -2.36. The third-order valence-corrected chi connectivity index (χ3v) is 5.21. The molecule has 0 aliphatic rings. The van der Waals surface area contributed by atoms with E-state index in [0.717, 1.165) is 5.69 Å². The first-order chi connectivity index (χ1) is 15.4. The van der Waals surface area contributed by atoms with Gasteiger partial charge in [-0.15, -0.1) is 0 Å². The zero-order valence-corrected chi connectivity index (χ0v) is 18.5. The van der Waals surface area contributed by atoms with E-state index in [0.29, 0.717) is 23.1 Å². The summed E-state index contributed by atoms with van der Waals surface area (Å²) in [7, 11) is 1.55. The van der Waals surface area contributed by atoms with Crippen molar-refractivity contribution in [2.24, 2.45) is 7.05 Å². The minimum absolute atomic E-state index is 0.280. The van der Waals surface area contributed by atoms with Gasteiger partial charge in [-0.2, -0.15) is 0 Å². The number of benzene rings is 2. The van der Waals surface area contributed by atoms with Gasteiger partial charge in [0, 0.05) is 37.4 Å². The molecule has 0 unspecified atom stereocenters. The number of hydrogen-bond donors (Lipinski definition) is 2. The van der Waals surface area contributed by atoms with Crippen molar-refractivity contribution < 1.29 is 9.90 Å². The van der Waals surface area contributed by atoms with Gasteiger partial charge in [0.05, 0.1) is 15.9 Å². The summed E-state index contributed by atoms with van der Waals surface area (Å²) in [5, 5.41) is 11.2. The molecule has 0 fully saturated rings. The van der Waals surface area contributed by atoms with Crippen LogP contribution in [0, 0.1) is 0 Å². The summed E-state index contributed by atoms with van der Waals surface area (Å²) in [6.07, 6.45) is 3.32. The number of nitrogen functional groups attached to an aromatic ring is 1.